The highest BCUT2D eigenvalue weighted by molar-refractivity contribution is 5.36. The number of aliphatic hydroxyl groups is 1. The smallest absolute Gasteiger partial charge is 0.0471 e. The molecule has 12 heavy (non-hydrogen) atoms. The molecule has 0 aliphatic heterocycles. The number of rotatable bonds is 2. The van der Waals surface area contributed by atoms with Crippen molar-refractivity contribution >= 4 is 0 Å². The van der Waals surface area contributed by atoms with Gasteiger partial charge in [-0.1, -0.05) is 12.1 Å². The molecule has 0 aliphatic rings. The van der Waals surface area contributed by atoms with Gasteiger partial charge in [-0.3, -0.25) is 0 Å². The second kappa shape index (κ2) is 3.72. The minimum absolute atomic E-state index is 0.239. The predicted octanol–water partition coefficient (Wildman–Crippen LogP) is 2.15. The van der Waals surface area contributed by atoms with Crippen LogP contribution in [0, 0.1) is 20.8 Å². The summed E-state index contributed by atoms with van der Waals surface area (Å²) >= 11 is 0. The van der Waals surface area contributed by atoms with Crippen LogP contribution in [0.25, 0.3) is 0 Å². The van der Waals surface area contributed by atoms with E-state index in [0.717, 1.165) is 6.42 Å². The van der Waals surface area contributed by atoms with Crippen LogP contribution in [0.4, 0.5) is 0 Å². The molecule has 0 spiro atoms. The van der Waals surface area contributed by atoms with Crippen LogP contribution in [0.2, 0.25) is 0 Å². The van der Waals surface area contributed by atoms with Gasteiger partial charge in [0.25, 0.3) is 0 Å². The van der Waals surface area contributed by atoms with Gasteiger partial charge in [-0.2, -0.15) is 0 Å². The van der Waals surface area contributed by atoms with Crippen LogP contribution in [-0.2, 0) is 6.42 Å². The van der Waals surface area contributed by atoms with E-state index in [1.807, 2.05) is 0 Å². The Morgan fingerprint density at radius 1 is 1.00 bits per heavy atom. The third-order valence-electron chi connectivity index (χ3n) is 2.33. The van der Waals surface area contributed by atoms with Crippen LogP contribution in [0.3, 0.4) is 0 Å². The summed E-state index contributed by atoms with van der Waals surface area (Å²) in [5.41, 5.74) is 5.19. The van der Waals surface area contributed by atoms with E-state index in [0.29, 0.717) is 0 Å². The maximum atomic E-state index is 8.80. The summed E-state index contributed by atoms with van der Waals surface area (Å²) in [7, 11) is 0. The first kappa shape index (κ1) is 9.27. The third-order valence-corrected chi connectivity index (χ3v) is 2.33. The maximum absolute atomic E-state index is 8.80. The molecule has 0 saturated heterocycles. The Hall–Kier alpha value is -0.820. The van der Waals surface area contributed by atoms with Crippen molar-refractivity contribution in [3.05, 3.63) is 34.4 Å². The molecule has 0 amide bonds. The van der Waals surface area contributed by atoms with Gasteiger partial charge < -0.3 is 5.11 Å². The minimum Gasteiger partial charge on any atom is -0.396 e. The molecule has 1 aromatic carbocycles. The van der Waals surface area contributed by atoms with Crippen LogP contribution < -0.4 is 0 Å². The molecule has 0 aliphatic carbocycles. The first-order valence-electron chi connectivity index (χ1n) is 4.32. The lowest BCUT2D eigenvalue weighted by molar-refractivity contribution is 0.299. The summed E-state index contributed by atoms with van der Waals surface area (Å²) in [5.74, 6) is 0. The summed E-state index contributed by atoms with van der Waals surface area (Å²) in [4.78, 5) is 0. The number of hydrogen-bond acceptors (Lipinski definition) is 1. The van der Waals surface area contributed by atoms with Gasteiger partial charge >= 0.3 is 0 Å². The topological polar surface area (TPSA) is 20.2 Å². The lowest BCUT2D eigenvalue weighted by Crippen LogP contribution is -1.96. The molecular weight excluding hydrogens is 148 g/mol. The summed E-state index contributed by atoms with van der Waals surface area (Å²) in [6.07, 6.45) is 0.771. The van der Waals surface area contributed by atoms with Gasteiger partial charge in [-0.15, -0.1) is 0 Å². The van der Waals surface area contributed by atoms with E-state index in [1.54, 1.807) is 0 Å². The Morgan fingerprint density at radius 3 is 2.17 bits per heavy atom. The van der Waals surface area contributed by atoms with Crippen molar-refractivity contribution in [3.63, 3.8) is 0 Å². The first-order valence-corrected chi connectivity index (χ1v) is 4.32. The van der Waals surface area contributed by atoms with Crippen LogP contribution in [0.5, 0.6) is 0 Å². The highest BCUT2D eigenvalue weighted by Crippen LogP contribution is 2.15. The fourth-order valence-corrected chi connectivity index (χ4v) is 1.41. The molecule has 66 valence electrons. The third kappa shape index (κ3) is 1.86. The van der Waals surface area contributed by atoms with Gasteiger partial charge in [0.15, 0.2) is 0 Å². The van der Waals surface area contributed by atoms with E-state index in [1.165, 1.54) is 22.3 Å². The van der Waals surface area contributed by atoms with Gasteiger partial charge in [0.2, 0.25) is 0 Å². The Labute approximate surface area is 74.1 Å². The quantitative estimate of drug-likeness (QED) is 0.710. The van der Waals surface area contributed by atoms with Crippen molar-refractivity contribution in [1.29, 1.82) is 0 Å². The molecule has 1 nitrogen and oxygen atoms in total. The molecule has 1 aromatic rings. The van der Waals surface area contributed by atoms with Crippen molar-refractivity contribution in [1.82, 2.24) is 0 Å². The summed E-state index contributed by atoms with van der Waals surface area (Å²) in [6, 6.07) is 4.35. The Balaban J connectivity index is 3.05. The largest absolute Gasteiger partial charge is 0.396 e. The second-order valence-electron chi connectivity index (χ2n) is 3.34. The van der Waals surface area contributed by atoms with Gasteiger partial charge in [0, 0.05) is 6.61 Å². The molecule has 0 bridgehead atoms. The number of aryl methyl sites for hydroxylation is 3. The molecule has 0 heterocycles. The van der Waals surface area contributed by atoms with Crippen LogP contribution in [-0.4, -0.2) is 11.7 Å². The normalized spacial score (nSPS) is 10.3. The molecule has 0 saturated carbocycles. The molecule has 1 heteroatoms. The van der Waals surface area contributed by atoms with E-state index in [-0.39, 0.29) is 6.61 Å². The van der Waals surface area contributed by atoms with Gasteiger partial charge in [-0.25, -0.2) is 0 Å². The average molecular weight is 164 g/mol. The lowest BCUT2D eigenvalue weighted by Gasteiger charge is -2.07. The molecule has 0 atom stereocenters. The standard InChI is InChI=1S/C11H16O/c1-8-6-10(3)11(4-5-12)7-9(8)2/h6-7,12H,4-5H2,1-3H3. The van der Waals surface area contributed by atoms with Crippen LogP contribution >= 0.6 is 0 Å². The SMILES string of the molecule is Cc1cc(C)c(CCO)cc1C. The highest BCUT2D eigenvalue weighted by Gasteiger charge is 2.00. The minimum atomic E-state index is 0.239. The van der Waals surface area contributed by atoms with E-state index >= 15 is 0 Å². The van der Waals surface area contributed by atoms with Crippen molar-refractivity contribution in [3.8, 4) is 0 Å². The summed E-state index contributed by atoms with van der Waals surface area (Å²) in [5, 5.41) is 8.80. The average Bonchev–Trinajstić information content (AvgIpc) is 2.01. The van der Waals surface area contributed by atoms with E-state index < -0.39 is 0 Å². The van der Waals surface area contributed by atoms with Crippen LogP contribution in [0.1, 0.15) is 22.3 Å². The number of benzene rings is 1. The highest BCUT2D eigenvalue weighted by atomic mass is 16.2. The van der Waals surface area contributed by atoms with Gasteiger partial charge in [-0.05, 0) is 49.4 Å². The molecule has 0 unspecified atom stereocenters. The fourth-order valence-electron chi connectivity index (χ4n) is 1.41. The summed E-state index contributed by atoms with van der Waals surface area (Å²) in [6.45, 7) is 6.56. The Morgan fingerprint density at radius 2 is 1.58 bits per heavy atom. The van der Waals surface area contributed by atoms with E-state index in [4.69, 9.17) is 5.11 Å². The van der Waals surface area contributed by atoms with Crippen LogP contribution in [0.15, 0.2) is 12.1 Å². The van der Waals surface area contributed by atoms with Crippen molar-refractivity contribution < 1.29 is 5.11 Å². The lowest BCUT2D eigenvalue weighted by atomic mass is 9.99. The maximum Gasteiger partial charge on any atom is 0.0471 e. The van der Waals surface area contributed by atoms with E-state index in [9.17, 15) is 0 Å². The molecule has 1 rings (SSSR count). The monoisotopic (exact) mass is 164 g/mol. The predicted molar refractivity (Wildman–Crippen MR) is 51.4 cm³/mol. The number of aliphatic hydroxyl groups excluding tert-OH is 1. The molecular formula is C11H16O. The number of hydrogen-bond donors (Lipinski definition) is 1. The molecule has 0 fully saturated rings. The van der Waals surface area contributed by atoms with Gasteiger partial charge in [0.1, 0.15) is 0 Å². The Kier molecular flexibility index (Phi) is 2.88. The molecule has 0 radical (unpaired) electrons. The van der Waals surface area contributed by atoms with Crippen molar-refractivity contribution in [2.75, 3.05) is 6.61 Å². The van der Waals surface area contributed by atoms with E-state index in [2.05, 4.69) is 32.9 Å². The fraction of sp³-hybridized carbons (Fsp3) is 0.455. The second-order valence-corrected chi connectivity index (χ2v) is 3.34. The van der Waals surface area contributed by atoms with Crippen molar-refractivity contribution in [2.24, 2.45) is 0 Å². The zero-order valence-corrected chi connectivity index (χ0v) is 8.02. The van der Waals surface area contributed by atoms with Gasteiger partial charge in [0.05, 0.1) is 0 Å². The Bertz CT molecular complexity index is 277. The molecule has 1 N–H and O–H groups in total. The summed E-state index contributed by atoms with van der Waals surface area (Å²) < 4.78 is 0. The zero-order chi connectivity index (χ0) is 9.14. The first-order chi connectivity index (χ1) is 5.65. The molecule has 0 aromatic heterocycles. The van der Waals surface area contributed by atoms with Crippen molar-refractivity contribution in [2.45, 2.75) is 27.2 Å². The zero-order valence-electron chi connectivity index (χ0n) is 8.02.